The second kappa shape index (κ2) is 4.75. The van der Waals surface area contributed by atoms with Crippen molar-refractivity contribution < 1.29 is 27.1 Å². The molecule has 0 aromatic rings. The highest BCUT2D eigenvalue weighted by atomic mass is 19.3. The monoisotopic (exact) mass is 232 g/mol. The van der Waals surface area contributed by atoms with E-state index < -0.39 is 37.0 Å². The predicted molar refractivity (Wildman–Crippen MR) is 43.6 cm³/mol. The average Bonchev–Trinajstić information content (AvgIpc) is 2.02. The number of halogens is 4. The van der Waals surface area contributed by atoms with Gasteiger partial charge in [0.25, 0.3) is 0 Å². The van der Waals surface area contributed by atoms with Crippen LogP contribution in [0, 0.1) is 0 Å². The molecule has 1 amide bonds. The molecule has 4 N–H and O–H groups in total. The highest BCUT2D eigenvalue weighted by Crippen LogP contribution is 2.23. The molecule has 0 rings (SSSR count). The van der Waals surface area contributed by atoms with Gasteiger partial charge in [-0.05, 0) is 6.92 Å². The van der Waals surface area contributed by atoms with Crippen LogP contribution in [0.25, 0.3) is 0 Å². The van der Waals surface area contributed by atoms with Crippen LogP contribution in [0.1, 0.15) is 6.92 Å². The van der Waals surface area contributed by atoms with Crippen LogP contribution in [-0.4, -0.2) is 37.0 Å². The maximum atomic E-state index is 12.3. The molecule has 1 atom stereocenters. The smallest absolute Gasteiger partial charge is 0.330 e. The molecule has 0 aromatic carbocycles. The van der Waals surface area contributed by atoms with Crippen molar-refractivity contribution in [1.29, 1.82) is 0 Å². The summed E-state index contributed by atoms with van der Waals surface area (Å²) >= 11 is 0. The first kappa shape index (κ1) is 14.1. The summed E-state index contributed by atoms with van der Waals surface area (Å²) in [6.07, 6.45) is -3.82. The van der Waals surface area contributed by atoms with Gasteiger partial charge in [0.2, 0.25) is 5.91 Å². The van der Waals surface area contributed by atoms with Crippen molar-refractivity contribution >= 4 is 5.91 Å². The first-order valence-corrected chi connectivity index (χ1v) is 3.92. The van der Waals surface area contributed by atoms with Gasteiger partial charge in [0.1, 0.15) is 12.1 Å². The molecule has 15 heavy (non-hydrogen) atoms. The highest BCUT2D eigenvalue weighted by molar-refractivity contribution is 5.83. The summed E-state index contributed by atoms with van der Waals surface area (Å²) in [5.41, 5.74) is 8.38. The van der Waals surface area contributed by atoms with Crippen molar-refractivity contribution in [1.82, 2.24) is 0 Å². The average molecular weight is 232 g/mol. The number of carbonyl (C=O) groups excluding carboxylic acids is 1. The van der Waals surface area contributed by atoms with Crippen LogP contribution in [-0.2, 0) is 9.53 Å². The lowest BCUT2D eigenvalue weighted by Gasteiger charge is -2.22. The molecule has 0 spiro atoms. The lowest BCUT2D eigenvalue weighted by atomic mass is 10.1. The quantitative estimate of drug-likeness (QED) is 0.638. The van der Waals surface area contributed by atoms with E-state index in [1.807, 2.05) is 0 Å². The maximum absolute atomic E-state index is 12.3. The van der Waals surface area contributed by atoms with E-state index in [1.165, 1.54) is 0 Å². The SMILES string of the molecule is CC(N)(COCC(F)(F)C(F)F)C(N)=O. The molecule has 0 aliphatic carbocycles. The molecule has 4 nitrogen and oxygen atoms in total. The minimum atomic E-state index is -4.26. The number of ether oxygens (including phenoxy) is 1. The van der Waals surface area contributed by atoms with E-state index in [2.05, 4.69) is 4.74 Å². The van der Waals surface area contributed by atoms with Gasteiger partial charge in [0, 0.05) is 0 Å². The molecular weight excluding hydrogens is 220 g/mol. The number of rotatable bonds is 6. The Hall–Kier alpha value is -0.890. The minimum absolute atomic E-state index is 0.648. The van der Waals surface area contributed by atoms with E-state index in [-0.39, 0.29) is 0 Å². The second-order valence-corrected chi connectivity index (χ2v) is 3.34. The normalized spacial score (nSPS) is 16.5. The van der Waals surface area contributed by atoms with Gasteiger partial charge < -0.3 is 16.2 Å². The molecule has 0 heterocycles. The third-order valence-electron chi connectivity index (χ3n) is 1.58. The van der Waals surface area contributed by atoms with Gasteiger partial charge in [-0.2, -0.15) is 8.78 Å². The van der Waals surface area contributed by atoms with Gasteiger partial charge in [-0.25, -0.2) is 8.78 Å². The Bertz CT molecular complexity index is 233. The Kier molecular flexibility index (Phi) is 4.47. The fraction of sp³-hybridized carbons (Fsp3) is 0.857. The third-order valence-corrected chi connectivity index (χ3v) is 1.58. The van der Waals surface area contributed by atoms with Gasteiger partial charge in [0.05, 0.1) is 6.61 Å². The Morgan fingerprint density at radius 2 is 1.87 bits per heavy atom. The van der Waals surface area contributed by atoms with E-state index in [4.69, 9.17) is 11.5 Å². The van der Waals surface area contributed by atoms with Crippen LogP contribution in [0.4, 0.5) is 17.6 Å². The summed E-state index contributed by atoms with van der Waals surface area (Å²) in [5.74, 6) is -5.23. The molecule has 8 heteroatoms. The Balaban J connectivity index is 4.05. The van der Waals surface area contributed by atoms with Crippen LogP contribution in [0.2, 0.25) is 0 Å². The second-order valence-electron chi connectivity index (χ2n) is 3.34. The molecule has 0 aliphatic heterocycles. The molecule has 0 aromatic heterocycles. The third kappa shape index (κ3) is 4.43. The molecule has 1 unspecified atom stereocenters. The Morgan fingerprint density at radius 1 is 1.40 bits per heavy atom. The van der Waals surface area contributed by atoms with E-state index in [0.29, 0.717) is 0 Å². The number of alkyl halides is 4. The zero-order chi connectivity index (χ0) is 12.3. The van der Waals surface area contributed by atoms with Crippen molar-refractivity contribution in [2.75, 3.05) is 13.2 Å². The molecular formula is C7H12F4N2O2. The molecule has 90 valence electrons. The number of primary amides is 1. The molecule has 0 aliphatic rings. The molecule has 0 saturated carbocycles. The fourth-order valence-corrected chi connectivity index (χ4v) is 0.533. The first-order valence-electron chi connectivity index (χ1n) is 3.92. The number of hydrogen-bond acceptors (Lipinski definition) is 3. The van der Waals surface area contributed by atoms with Crippen LogP contribution in [0.3, 0.4) is 0 Å². The standard InChI is InChI=1S/C7H12F4N2O2/c1-6(13,5(12)14)2-15-3-7(10,11)4(8)9/h4H,2-3,13H2,1H3,(H2,12,14). The minimum Gasteiger partial charge on any atom is -0.373 e. The largest absolute Gasteiger partial charge is 0.373 e. The highest BCUT2D eigenvalue weighted by Gasteiger charge is 2.41. The first-order chi connectivity index (χ1) is 6.59. The Labute approximate surface area is 83.5 Å². The lowest BCUT2D eigenvalue weighted by molar-refractivity contribution is -0.169. The number of hydrogen-bond donors (Lipinski definition) is 2. The topological polar surface area (TPSA) is 78.3 Å². The zero-order valence-corrected chi connectivity index (χ0v) is 7.97. The zero-order valence-electron chi connectivity index (χ0n) is 7.97. The molecule has 0 saturated heterocycles. The summed E-state index contributed by atoms with van der Waals surface area (Å²) in [4.78, 5) is 10.6. The molecule has 0 radical (unpaired) electrons. The van der Waals surface area contributed by atoms with Crippen molar-refractivity contribution in [2.45, 2.75) is 24.8 Å². The summed E-state index contributed by atoms with van der Waals surface area (Å²) in [6, 6.07) is 0. The van der Waals surface area contributed by atoms with E-state index in [0.717, 1.165) is 6.92 Å². The summed E-state index contributed by atoms with van der Waals surface area (Å²) in [6.45, 7) is -1.01. The van der Waals surface area contributed by atoms with E-state index in [1.54, 1.807) is 0 Å². The lowest BCUT2D eigenvalue weighted by Crippen LogP contribution is -2.53. The number of carbonyl (C=O) groups is 1. The van der Waals surface area contributed by atoms with Crippen molar-refractivity contribution in [3.8, 4) is 0 Å². The fourth-order valence-electron chi connectivity index (χ4n) is 0.533. The number of nitrogens with two attached hydrogens (primary N) is 2. The van der Waals surface area contributed by atoms with Gasteiger partial charge in [-0.15, -0.1) is 0 Å². The Morgan fingerprint density at radius 3 is 2.20 bits per heavy atom. The van der Waals surface area contributed by atoms with Gasteiger partial charge >= 0.3 is 12.3 Å². The van der Waals surface area contributed by atoms with Crippen molar-refractivity contribution in [3.05, 3.63) is 0 Å². The molecule has 0 bridgehead atoms. The predicted octanol–water partition coefficient (Wildman–Crippen LogP) is 0.106. The van der Waals surface area contributed by atoms with Crippen LogP contribution < -0.4 is 11.5 Å². The maximum Gasteiger partial charge on any atom is 0.330 e. The van der Waals surface area contributed by atoms with Crippen LogP contribution >= 0.6 is 0 Å². The van der Waals surface area contributed by atoms with Gasteiger partial charge in [-0.3, -0.25) is 4.79 Å². The van der Waals surface area contributed by atoms with Crippen molar-refractivity contribution in [2.24, 2.45) is 11.5 Å². The van der Waals surface area contributed by atoms with Crippen molar-refractivity contribution in [3.63, 3.8) is 0 Å². The van der Waals surface area contributed by atoms with Crippen LogP contribution in [0.15, 0.2) is 0 Å². The van der Waals surface area contributed by atoms with Gasteiger partial charge in [0.15, 0.2) is 0 Å². The molecule has 0 fully saturated rings. The van der Waals surface area contributed by atoms with E-state index >= 15 is 0 Å². The summed E-state index contributed by atoms with van der Waals surface area (Å²) in [5, 5.41) is 0. The van der Waals surface area contributed by atoms with Crippen LogP contribution in [0.5, 0.6) is 0 Å². The summed E-state index contributed by atoms with van der Waals surface area (Å²) in [7, 11) is 0. The van der Waals surface area contributed by atoms with E-state index in [9.17, 15) is 22.4 Å². The summed E-state index contributed by atoms with van der Waals surface area (Å²) < 4.78 is 52.1. The van der Waals surface area contributed by atoms with Gasteiger partial charge in [-0.1, -0.05) is 0 Å². The number of amides is 1.